The van der Waals surface area contributed by atoms with Crippen LogP contribution in [-0.4, -0.2) is 0 Å². The second-order valence-corrected chi connectivity index (χ2v) is 25.7. The van der Waals surface area contributed by atoms with E-state index in [9.17, 15) is 0 Å². The van der Waals surface area contributed by atoms with Crippen molar-refractivity contribution >= 4 is 112 Å². The summed E-state index contributed by atoms with van der Waals surface area (Å²) in [6.07, 6.45) is 0. The van der Waals surface area contributed by atoms with Gasteiger partial charge < -0.3 is 0 Å². The van der Waals surface area contributed by atoms with Crippen LogP contribution in [0.15, 0.2) is 48.5 Å². The second kappa shape index (κ2) is 5.86. The van der Waals surface area contributed by atoms with Gasteiger partial charge >= 0.3 is 179 Å². The van der Waals surface area contributed by atoms with E-state index in [1.807, 2.05) is 0 Å². The molecule has 0 unspecified atom stereocenters. The van der Waals surface area contributed by atoms with Crippen molar-refractivity contribution in [1.29, 1.82) is 0 Å². The van der Waals surface area contributed by atoms with Crippen LogP contribution < -0.4 is 8.88 Å². The molecule has 0 aliphatic carbocycles. The molecule has 2 nitrogen and oxygen atoms in total. The van der Waals surface area contributed by atoms with Crippen molar-refractivity contribution in [2.45, 2.75) is 0 Å². The summed E-state index contributed by atoms with van der Waals surface area (Å²) in [6.45, 7) is 0. The number of halogens is 8. The SMILES string of the molecule is Clc1cccc(N2P(Cl)(Cl)(Cl)N(c3cccc(Cl)c3)P2(Cl)(Cl)Cl)c1. The van der Waals surface area contributed by atoms with Gasteiger partial charge in [-0.1, -0.05) is 0 Å². The topological polar surface area (TPSA) is 6.48 Å². The molecule has 0 N–H and O–H groups in total. The van der Waals surface area contributed by atoms with E-state index in [4.69, 9.17) is 90.6 Å². The Hall–Kier alpha value is 1.22. The number of nitrogens with zero attached hydrogens (tertiary/aromatic N) is 2. The number of hydrogen-bond acceptors (Lipinski definition) is 2. The summed E-state index contributed by atoms with van der Waals surface area (Å²) >= 11 is 51.9. The van der Waals surface area contributed by atoms with Gasteiger partial charge in [-0.05, 0) is 0 Å². The number of benzene rings is 2. The van der Waals surface area contributed by atoms with Crippen LogP contribution in [0.2, 0.25) is 10.0 Å². The van der Waals surface area contributed by atoms with Crippen molar-refractivity contribution in [3.63, 3.8) is 0 Å². The van der Waals surface area contributed by atoms with Crippen molar-refractivity contribution in [2.75, 3.05) is 8.88 Å². The van der Waals surface area contributed by atoms with Crippen LogP contribution in [0.25, 0.3) is 0 Å². The van der Waals surface area contributed by atoms with Crippen LogP contribution in [0.4, 0.5) is 11.4 Å². The molecular weight excluding hydrogens is 518 g/mol. The van der Waals surface area contributed by atoms with Gasteiger partial charge in [0.25, 0.3) is 0 Å². The Morgan fingerprint density at radius 3 is 1.21 bits per heavy atom. The van der Waals surface area contributed by atoms with Crippen molar-refractivity contribution < 1.29 is 0 Å². The molecule has 2 aromatic carbocycles. The fourth-order valence-corrected chi connectivity index (χ4v) is 32.1. The van der Waals surface area contributed by atoms with E-state index in [2.05, 4.69) is 0 Å². The molecule has 1 fully saturated rings. The zero-order valence-corrected chi connectivity index (χ0v) is 19.3. The average molecular weight is 526 g/mol. The normalized spacial score (nSPS) is 26.3. The fourth-order valence-electron chi connectivity index (χ4n) is 2.51. The van der Waals surface area contributed by atoms with Crippen LogP contribution in [0.3, 0.4) is 0 Å². The Kier molecular flexibility index (Phi) is 4.87. The van der Waals surface area contributed by atoms with E-state index in [-0.39, 0.29) is 0 Å². The summed E-state index contributed by atoms with van der Waals surface area (Å²) in [5, 5.41) is 0.866. The summed E-state index contributed by atoms with van der Waals surface area (Å²) in [4.78, 5) is -8.62. The predicted octanol–water partition coefficient (Wildman–Crippen LogP) is 10.0. The second-order valence-electron chi connectivity index (χ2n) is 5.01. The fraction of sp³-hybridized carbons (Fsp3) is 0. The van der Waals surface area contributed by atoms with Gasteiger partial charge in [-0.25, -0.2) is 0 Å². The monoisotopic (exact) mass is 522 g/mol. The molecule has 0 amide bonds. The first kappa shape index (κ1) is 20.0. The van der Waals surface area contributed by atoms with E-state index in [1.54, 1.807) is 48.5 Å². The molecule has 2 aromatic rings. The quantitative estimate of drug-likeness (QED) is 0.360. The molecular formula is C12H8Cl8N2P2. The van der Waals surface area contributed by atoms with Gasteiger partial charge in [-0.3, -0.25) is 0 Å². The molecule has 0 bridgehead atoms. The summed E-state index contributed by atoms with van der Waals surface area (Å²) in [7, 11) is 0. The maximum atomic E-state index is 6.65. The van der Waals surface area contributed by atoms with E-state index in [1.165, 1.54) is 8.88 Å². The molecule has 0 aromatic heterocycles. The van der Waals surface area contributed by atoms with Crippen LogP contribution >= 0.6 is 101 Å². The van der Waals surface area contributed by atoms with Gasteiger partial charge in [0.05, 0.1) is 0 Å². The predicted molar refractivity (Wildman–Crippen MR) is 117 cm³/mol. The molecule has 1 heterocycles. The third-order valence-corrected chi connectivity index (χ3v) is 20.5. The zero-order chi connectivity index (χ0) is 18.0. The average Bonchev–Trinajstić information content (AvgIpc) is 2.34. The Bertz CT molecular complexity index is 743. The van der Waals surface area contributed by atoms with E-state index < -0.39 is 9.93 Å². The van der Waals surface area contributed by atoms with E-state index in [0.29, 0.717) is 21.4 Å². The Balaban J connectivity index is 2.21. The molecule has 132 valence electrons. The van der Waals surface area contributed by atoms with Crippen LogP contribution in [-0.2, 0) is 0 Å². The van der Waals surface area contributed by atoms with Crippen molar-refractivity contribution in [3.8, 4) is 0 Å². The van der Waals surface area contributed by atoms with Crippen LogP contribution in [0.5, 0.6) is 0 Å². The molecule has 0 spiro atoms. The van der Waals surface area contributed by atoms with Gasteiger partial charge in [-0.15, -0.1) is 0 Å². The zero-order valence-electron chi connectivity index (χ0n) is 11.4. The third kappa shape index (κ3) is 3.06. The molecule has 3 rings (SSSR count). The van der Waals surface area contributed by atoms with E-state index >= 15 is 0 Å². The van der Waals surface area contributed by atoms with Crippen LogP contribution in [0.1, 0.15) is 0 Å². The van der Waals surface area contributed by atoms with Crippen molar-refractivity contribution in [2.24, 2.45) is 0 Å². The van der Waals surface area contributed by atoms with Crippen molar-refractivity contribution in [1.82, 2.24) is 0 Å². The minimum atomic E-state index is -4.31. The van der Waals surface area contributed by atoms with E-state index in [0.717, 1.165) is 0 Å². The Morgan fingerprint density at radius 1 is 0.583 bits per heavy atom. The van der Waals surface area contributed by atoms with Crippen LogP contribution in [0, 0.1) is 0 Å². The first-order valence-corrected chi connectivity index (χ1v) is 16.8. The molecule has 0 radical (unpaired) electrons. The molecule has 0 atom stereocenters. The van der Waals surface area contributed by atoms with Gasteiger partial charge in [0, 0.05) is 0 Å². The summed E-state index contributed by atoms with van der Waals surface area (Å²) in [6, 6.07) is 13.2. The summed E-state index contributed by atoms with van der Waals surface area (Å²) in [5.41, 5.74) is 0.854. The third-order valence-electron chi connectivity index (χ3n) is 3.28. The molecule has 12 heteroatoms. The number of hydrogen-bond donors (Lipinski definition) is 0. The molecule has 1 aliphatic rings. The standard InChI is InChI=1S/C12H8Cl8N2P2/c13-9-3-1-5-11(7-9)21-23(15,16,17)22(24(21,18,19)20)12-6-2-4-10(14)8-12/h1-8H. The molecule has 1 aliphatic heterocycles. The summed E-state index contributed by atoms with van der Waals surface area (Å²) in [5.74, 6) is 0. The van der Waals surface area contributed by atoms with Gasteiger partial charge in [-0.2, -0.15) is 0 Å². The minimum absolute atomic E-state index is 0.427. The Labute approximate surface area is 178 Å². The van der Waals surface area contributed by atoms with Gasteiger partial charge in [0.2, 0.25) is 0 Å². The molecule has 1 saturated heterocycles. The van der Waals surface area contributed by atoms with Gasteiger partial charge in [0.15, 0.2) is 0 Å². The molecule has 0 saturated carbocycles. The Morgan fingerprint density at radius 2 is 0.917 bits per heavy atom. The van der Waals surface area contributed by atoms with Crippen molar-refractivity contribution in [3.05, 3.63) is 58.6 Å². The molecule has 24 heavy (non-hydrogen) atoms. The number of anilines is 2. The number of rotatable bonds is 2. The summed E-state index contributed by atoms with van der Waals surface area (Å²) < 4.78 is 2.55. The maximum absolute atomic E-state index is 6.65. The first-order valence-electron chi connectivity index (χ1n) is 6.28. The first-order chi connectivity index (χ1) is 10.8. The van der Waals surface area contributed by atoms with Gasteiger partial charge in [0.1, 0.15) is 0 Å².